The van der Waals surface area contributed by atoms with E-state index in [2.05, 4.69) is 15.6 Å². The molecule has 0 bridgehead atoms. The van der Waals surface area contributed by atoms with Gasteiger partial charge in [-0.1, -0.05) is 78.1 Å². The molecule has 2 unspecified atom stereocenters. The molecule has 10 nitrogen and oxygen atoms in total. The van der Waals surface area contributed by atoms with Gasteiger partial charge >= 0.3 is 5.97 Å². The average Bonchev–Trinajstić information content (AvgIpc) is 3.70. The van der Waals surface area contributed by atoms with Crippen LogP contribution in [0.2, 0.25) is 0 Å². The number of carbonyl (C=O) groups excluding carboxylic acids is 4. The third-order valence-electron chi connectivity index (χ3n) is 6.91. The Morgan fingerprint density at radius 3 is 2.37 bits per heavy atom. The van der Waals surface area contributed by atoms with Crippen LogP contribution in [0, 0.1) is 0 Å². The number of nitrogens with zero attached hydrogens (tertiary/aromatic N) is 2. The Balaban J connectivity index is 1.33. The van der Waals surface area contributed by atoms with Crippen LogP contribution >= 0.6 is 22.7 Å². The number of rotatable bonds is 9. The third kappa shape index (κ3) is 5.98. The standard InChI is InChI=1S/C31H26N4O6S2/c1-18(36)33-31-32-16-23(43-31)22-17-40-29-25(34-24(37)15-21-13-8-14-42-21)28(38)35(29)26(22)30(39)41-27(19-9-4-2-5-10-19)20-11-6-3-7-12-20/h2-14,16,25,27,29H,15,17H2,1H3,(H,34,37)(H,32,33,36). The lowest BCUT2D eigenvalue weighted by Crippen LogP contribution is -2.73. The van der Waals surface area contributed by atoms with Crippen molar-refractivity contribution in [2.24, 2.45) is 0 Å². The van der Waals surface area contributed by atoms with E-state index in [0.717, 1.165) is 27.3 Å². The van der Waals surface area contributed by atoms with E-state index >= 15 is 0 Å². The zero-order valence-corrected chi connectivity index (χ0v) is 24.5. The van der Waals surface area contributed by atoms with Crippen LogP contribution < -0.4 is 10.6 Å². The minimum atomic E-state index is -0.952. The fraction of sp³-hybridized carbons (Fsp3) is 0.194. The zero-order chi connectivity index (χ0) is 29.9. The molecule has 4 heterocycles. The molecule has 2 atom stereocenters. The molecule has 3 amide bonds. The number of hydrogen-bond donors (Lipinski definition) is 2. The quantitative estimate of drug-likeness (QED) is 0.214. The van der Waals surface area contributed by atoms with Crippen molar-refractivity contribution in [2.45, 2.75) is 31.7 Å². The zero-order valence-electron chi connectivity index (χ0n) is 22.9. The summed E-state index contributed by atoms with van der Waals surface area (Å²) in [6, 6.07) is 21.4. The third-order valence-corrected chi connectivity index (χ3v) is 8.76. The first-order chi connectivity index (χ1) is 20.9. The molecule has 1 fully saturated rings. The van der Waals surface area contributed by atoms with Crippen molar-refractivity contribution in [3.05, 3.63) is 111 Å². The van der Waals surface area contributed by atoms with Crippen LogP contribution in [-0.2, 0) is 35.1 Å². The van der Waals surface area contributed by atoms with Gasteiger partial charge in [-0.25, -0.2) is 9.78 Å². The first kappa shape index (κ1) is 28.5. The molecule has 0 spiro atoms. The number of hydrogen-bond acceptors (Lipinski definition) is 9. The second kappa shape index (κ2) is 12.3. The van der Waals surface area contributed by atoms with Crippen LogP contribution in [0.5, 0.6) is 0 Å². The smallest absolute Gasteiger partial charge is 0.356 e. The molecular formula is C31H26N4O6S2. The van der Waals surface area contributed by atoms with E-state index in [1.165, 1.54) is 29.4 Å². The van der Waals surface area contributed by atoms with Gasteiger partial charge in [0.15, 0.2) is 23.5 Å². The molecule has 6 rings (SSSR count). The summed E-state index contributed by atoms with van der Waals surface area (Å²) in [7, 11) is 0. The summed E-state index contributed by atoms with van der Waals surface area (Å²) in [6.07, 6.45) is 0.00516. The van der Waals surface area contributed by atoms with E-state index in [0.29, 0.717) is 15.6 Å². The molecule has 2 aromatic carbocycles. The number of aromatic nitrogens is 1. The average molecular weight is 615 g/mol. The Kier molecular flexibility index (Phi) is 8.14. The van der Waals surface area contributed by atoms with E-state index in [4.69, 9.17) is 9.47 Å². The highest BCUT2D eigenvalue weighted by Crippen LogP contribution is 2.40. The molecule has 2 aliphatic heterocycles. The number of thiazole rings is 1. The van der Waals surface area contributed by atoms with Crippen molar-refractivity contribution in [3.8, 4) is 0 Å². The lowest BCUT2D eigenvalue weighted by molar-refractivity contribution is -0.184. The van der Waals surface area contributed by atoms with Crippen LogP contribution in [-0.4, -0.2) is 52.5 Å². The first-order valence-corrected chi connectivity index (χ1v) is 15.1. The van der Waals surface area contributed by atoms with E-state index in [1.54, 1.807) is 0 Å². The lowest BCUT2D eigenvalue weighted by atomic mass is 9.97. The summed E-state index contributed by atoms with van der Waals surface area (Å²) in [4.78, 5) is 58.8. The number of thiophene rings is 1. The van der Waals surface area contributed by atoms with Gasteiger partial charge in [-0.2, -0.15) is 0 Å². The molecule has 1 saturated heterocycles. The molecule has 2 aromatic heterocycles. The van der Waals surface area contributed by atoms with Gasteiger partial charge in [0.2, 0.25) is 11.8 Å². The van der Waals surface area contributed by atoms with Gasteiger partial charge in [0, 0.05) is 23.6 Å². The topological polar surface area (TPSA) is 127 Å². The Morgan fingerprint density at radius 2 is 1.74 bits per heavy atom. The second-order valence-electron chi connectivity index (χ2n) is 9.86. The second-order valence-corrected chi connectivity index (χ2v) is 11.9. The molecule has 0 aliphatic carbocycles. The highest BCUT2D eigenvalue weighted by atomic mass is 32.1. The number of fused-ring (bicyclic) bond motifs is 1. The van der Waals surface area contributed by atoms with Crippen molar-refractivity contribution >= 4 is 57.1 Å². The summed E-state index contributed by atoms with van der Waals surface area (Å²) in [5.74, 6) is -1.83. The SMILES string of the molecule is CC(=O)Nc1ncc(C2=C(C(=O)OC(c3ccccc3)c3ccccc3)N3C(=O)C(NC(=O)Cc4cccs4)C3OC2)s1. The molecule has 12 heteroatoms. The van der Waals surface area contributed by atoms with E-state index in [1.807, 2.05) is 78.2 Å². The molecule has 0 saturated carbocycles. The highest BCUT2D eigenvalue weighted by molar-refractivity contribution is 7.16. The number of ether oxygens (including phenoxy) is 2. The number of benzene rings is 2. The summed E-state index contributed by atoms with van der Waals surface area (Å²) in [5, 5.41) is 7.61. The molecule has 2 N–H and O–H groups in total. The summed E-state index contributed by atoms with van der Waals surface area (Å²) in [6.45, 7) is 1.33. The minimum absolute atomic E-state index is 0.0138. The maximum Gasteiger partial charge on any atom is 0.356 e. The van der Waals surface area contributed by atoms with E-state index < -0.39 is 30.3 Å². The molecule has 2 aliphatic rings. The highest BCUT2D eigenvalue weighted by Gasteiger charge is 2.55. The minimum Gasteiger partial charge on any atom is -0.448 e. The van der Waals surface area contributed by atoms with Crippen LogP contribution in [0.4, 0.5) is 5.13 Å². The van der Waals surface area contributed by atoms with Crippen molar-refractivity contribution in [1.29, 1.82) is 0 Å². The molecule has 218 valence electrons. The Morgan fingerprint density at radius 1 is 1.05 bits per heavy atom. The van der Waals surface area contributed by atoms with Crippen molar-refractivity contribution in [1.82, 2.24) is 15.2 Å². The number of nitrogens with one attached hydrogen (secondary N) is 2. The van der Waals surface area contributed by atoms with Crippen molar-refractivity contribution in [3.63, 3.8) is 0 Å². The summed E-state index contributed by atoms with van der Waals surface area (Å²) in [5.41, 5.74) is 1.92. The maximum absolute atomic E-state index is 14.1. The van der Waals surface area contributed by atoms with Crippen LogP contribution in [0.1, 0.15) is 33.9 Å². The predicted octanol–water partition coefficient (Wildman–Crippen LogP) is 4.13. The first-order valence-electron chi connectivity index (χ1n) is 13.4. The van der Waals surface area contributed by atoms with Gasteiger partial charge in [0.25, 0.3) is 5.91 Å². The van der Waals surface area contributed by atoms with Crippen LogP contribution in [0.3, 0.4) is 0 Å². The largest absolute Gasteiger partial charge is 0.448 e. The van der Waals surface area contributed by atoms with Crippen molar-refractivity contribution < 1.29 is 28.7 Å². The monoisotopic (exact) mass is 614 g/mol. The lowest BCUT2D eigenvalue weighted by Gasteiger charge is -2.49. The fourth-order valence-corrected chi connectivity index (χ4v) is 6.56. The Bertz CT molecular complexity index is 1650. The fourth-order valence-electron chi connectivity index (χ4n) is 4.96. The van der Waals surface area contributed by atoms with Gasteiger partial charge in [0.05, 0.1) is 17.9 Å². The number of amides is 3. The Hall–Kier alpha value is -4.65. The van der Waals surface area contributed by atoms with Gasteiger partial charge in [-0.3, -0.25) is 19.3 Å². The van der Waals surface area contributed by atoms with Crippen LogP contribution in [0.15, 0.2) is 90.1 Å². The predicted molar refractivity (Wildman–Crippen MR) is 161 cm³/mol. The van der Waals surface area contributed by atoms with E-state index in [-0.39, 0.29) is 30.5 Å². The Labute approximate surface area is 255 Å². The number of carbonyl (C=O) groups is 4. The normalized spacial score (nSPS) is 17.7. The van der Waals surface area contributed by atoms with Gasteiger partial charge in [-0.15, -0.1) is 11.3 Å². The van der Waals surface area contributed by atoms with Gasteiger partial charge in [-0.05, 0) is 22.6 Å². The van der Waals surface area contributed by atoms with Crippen molar-refractivity contribution in [2.75, 3.05) is 11.9 Å². The number of esters is 1. The molecule has 43 heavy (non-hydrogen) atoms. The molecule has 4 aromatic rings. The number of β-lactam (4-membered cyclic amide) rings is 1. The van der Waals surface area contributed by atoms with Crippen LogP contribution in [0.25, 0.3) is 5.57 Å². The number of anilines is 1. The van der Waals surface area contributed by atoms with Gasteiger partial charge < -0.3 is 20.1 Å². The van der Waals surface area contributed by atoms with E-state index in [9.17, 15) is 19.2 Å². The molecule has 0 radical (unpaired) electrons. The molecular weight excluding hydrogens is 588 g/mol. The summed E-state index contributed by atoms with van der Waals surface area (Å²) >= 11 is 2.60. The summed E-state index contributed by atoms with van der Waals surface area (Å²) < 4.78 is 12.2. The van der Waals surface area contributed by atoms with Gasteiger partial charge in [0.1, 0.15) is 5.70 Å². The maximum atomic E-state index is 14.1.